The van der Waals surface area contributed by atoms with Crippen molar-refractivity contribution in [3.8, 4) is 6.07 Å². The highest BCUT2D eigenvalue weighted by atomic mass is 19.1. The second kappa shape index (κ2) is 3.58. The van der Waals surface area contributed by atoms with Crippen LogP contribution >= 0.6 is 0 Å². The van der Waals surface area contributed by atoms with E-state index in [0.29, 0.717) is 25.3 Å². The molecule has 1 aliphatic heterocycles. The molecule has 0 amide bonds. The predicted octanol–water partition coefficient (Wildman–Crippen LogP) is 0.896. The van der Waals surface area contributed by atoms with Crippen molar-refractivity contribution in [2.24, 2.45) is 0 Å². The average molecular weight is 192 g/mol. The Labute approximate surface area is 81.0 Å². The van der Waals surface area contributed by atoms with Crippen LogP contribution in [0.1, 0.15) is 12.1 Å². The predicted molar refractivity (Wildman–Crippen MR) is 48.5 cm³/mol. The van der Waals surface area contributed by atoms with Gasteiger partial charge in [-0.1, -0.05) is 0 Å². The standard InChI is InChI=1S/C9H9FN4/c10-7-1-4-14(6-7)9-8(5-11)12-2-3-13-9/h2-3,7H,1,4,6H2. The molecule has 2 heterocycles. The first kappa shape index (κ1) is 8.88. The minimum absolute atomic E-state index is 0.265. The van der Waals surface area contributed by atoms with E-state index in [0.717, 1.165) is 0 Å². The molecule has 1 unspecified atom stereocenters. The number of hydrogen-bond acceptors (Lipinski definition) is 4. The summed E-state index contributed by atoms with van der Waals surface area (Å²) < 4.78 is 12.9. The summed E-state index contributed by atoms with van der Waals surface area (Å²) in [6.07, 6.45) is 2.66. The zero-order valence-corrected chi connectivity index (χ0v) is 7.52. The van der Waals surface area contributed by atoms with Crippen LogP contribution in [0.25, 0.3) is 0 Å². The number of anilines is 1. The van der Waals surface area contributed by atoms with Crippen molar-refractivity contribution in [1.29, 1.82) is 5.26 Å². The highest BCUT2D eigenvalue weighted by Crippen LogP contribution is 2.21. The molecule has 2 rings (SSSR count). The van der Waals surface area contributed by atoms with Crippen molar-refractivity contribution < 1.29 is 4.39 Å². The molecule has 0 bridgehead atoms. The van der Waals surface area contributed by atoms with Gasteiger partial charge in [0.1, 0.15) is 12.2 Å². The first-order valence-corrected chi connectivity index (χ1v) is 4.41. The highest BCUT2D eigenvalue weighted by Gasteiger charge is 2.24. The van der Waals surface area contributed by atoms with Gasteiger partial charge >= 0.3 is 0 Å². The fraction of sp³-hybridized carbons (Fsp3) is 0.444. The van der Waals surface area contributed by atoms with Crippen molar-refractivity contribution in [1.82, 2.24) is 9.97 Å². The Hall–Kier alpha value is -1.70. The Morgan fingerprint density at radius 1 is 1.50 bits per heavy atom. The first-order valence-electron chi connectivity index (χ1n) is 4.41. The second-order valence-electron chi connectivity index (χ2n) is 3.17. The van der Waals surface area contributed by atoms with Gasteiger partial charge in [-0.15, -0.1) is 0 Å². The van der Waals surface area contributed by atoms with Gasteiger partial charge in [-0.05, 0) is 6.42 Å². The van der Waals surface area contributed by atoms with Crippen LogP contribution in [-0.2, 0) is 0 Å². The van der Waals surface area contributed by atoms with Gasteiger partial charge in [-0.2, -0.15) is 5.26 Å². The van der Waals surface area contributed by atoms with Gasteiger partial charge in [0.25, 0.3) is 0 Å². The molecule has 14 heavy (non-hydrogen) atoms. The number of nitriles is 1. The molecule has 1 aromatic heterocycles. The summed E-state index contributed by atoms with van der Waals surface area (Å²) in [5, 5.41) is 8.77. The van der Waals surface area contributed by atoms with E-state index < -0.39 is 6.17 Å². The minimum atomic E-state index is -0.816. The maximum Gasteiger partial charge on any atom is 0.183 e. The van der Waals surface area contributed by atoms with Crippen molar-refractivity contribution in [2.75, 3.05) is 18.0 Å². The summed E-state index contributed by atoms with van der Waals surface area (Å²) in [5.74, 6) is 0.496. The molecule has 1 aromatic rings. The number of aromatic nitrogens is 2. The van der Waals surface area contributed by atoms with E-state index in [2.05, 4.69) is 9.97 Å². The maximum absolute atomic E-state index is 12.9. The molecule has 1 fully saturated rings. The number of halogens is 1. The zero-order valence-electron chi connectivity index (χ0n) is 7.52. The lowest BCUT2D eigenvalue weighted by atomic mass is 10.3. The molecule has 4 nitrogen and oxygen atoms in total. The number of hydrogen-bond donors (Lipinski definition) is 0. The topological polar surface area (TPSA) is 52.8 Å². The van der Waals surface area contributed by atoms with Crippen LogP contribution in [0.3, 0.4) is 0 Å². The quantitative estimate of drug-likeness (QED) is 0.663. The SMILES string of the molecule is N#Cc1nccnc1N1CCC(F)C1. The molecule has 5 heteroatoms. The number of alkyl halides is 1. The molecule has 72 valence electrons. The molecule has 0 spiro atoms. The van der Waals surface area contributed by atoms with E-state index in [-0.39, 0.29) is 5.69 Å². The van der Waals surface area contributed by atoms with Crippen LogP contribution < -0.4 is 4.90 Å². The van der Waals surface area contributed by atoms with Crippen molar-refractivity contribution >= 4 is 5.82 Å². The summed E-state index contributed by atoms with van der Waals surface area (Å²) in [4.78, 5) is 9.68. The Bertz CT molecular complexity index is 373. The van der Waals surface area contributed by atoms with Crippen LogP contribution in [-0.4, -0.2) is 29.2 Å². The van der Waals surface area contributed by atoms with E-state index in [1.807, 2.05) is 6.07 Å². The Morgan fingerprint density at radius 3 is 2.93 bits per heavy atom. The summed E-state index contributed by atoms with van der Waals surface area (Å²) in [5.41, 5.74) is 0.265. The Kier molecular flexibility index (Phi) is 2.27. The van der Waals surface area contributed by atoms with E-state index in [4.69, 9.17) is 5.26 Å². The van der Waals surface area contributed by atoms with Crippen LogP contribution in [0.15, 0.2) is 12.4 Å². The lowest BCUT2D eigenvalue weighted by Gasteiger charge is -2.15. The van der Waals surface area contributed by atoms with Gasteiger partial charge < -0.3 is 4.90 Å². The maximum atomic E-state index is 12.9. The van der Waals surface area contributed by atoms with E-state index in [1.165, 1.54) is 12.4 Å². The lowest BCUT2D eigenvalue weighted by Crippen LogP contribution is -2.22. The summed E-state index contributed by atoms with van der Waals surface area (Å²) in [6.45, 7) is 0.919. The van der Waals surface area contributed by atoms with Crippen LogP contribution in [0.5, 0.6) is 0 Å². The molecule has 1 atom stereocenters. The zero-order chi connectivity index (χ0) is 9.97. The third kappa shape index (κ3) is 1.51. The first-order chi connectivity index (χ1) is 6.81. The minimum Gasteiger partial charge on any atom is -0.351 e. The molecular weight excluding hydrogens is 183 g/mol. The van der Waals surface area contributed by atoms with Crippen LogP contribution in [0.2, 0.25) is 0 Å². The van der Waals surface area contributed by atoms with Gasteiger partial charge in [0.05, 0.1) is 6.54 Å². The fourth-order valence-electron chi connectivity index (χ4n) is 1.55. The third-order valence-corrected chi connectivity index (χ3v) is 2.22. The largest absolute Gasteiger partial charge is 0.351 e. The summed E-state index contributed by atoms with van der Waals surface area (Å²) >= 11 is 0. The third-order valence-electron chi connectivity index (χ3n) is 2.22. The Morgan fingerprint density at radius 2 is 2.29 bits per heavy atom. The molecule has 0 radical (unpaired) electrons. The van der Waals surface area contributed by atoms with Gasteiger partial charge in [0.2, 0.25) is 0 Å². The van der Waals surface area contributed by atoms with Crippen LogP contribution in [0.4, 0.5) is 10.2 Å². The monoisotopic (exact) mass is 192 g/mol. The van der Waals surface area contributed by atoms with Crippen LogP contribution in [0, 0.1) is 11.3 Å². The molecular formula is C9H9FN4. The van der Waals surface area contributed by atoms with Crippen molar-refractivity contribution in [2.45, 2.75) is 12.6 Å². The van der Waals surface area contributed by atoms with E-state index in [9.17, 15) is 4.39 Å². The molecule has 1 aliphatic rings. The Balaban J connectivity index is 2.28. The molecule has 1 saturated heterocycles. The fourth-order valence-corrected chi connectivity index (χ4v) is 1.55. The average Bonchev–Trinajstić information content (AvgIpc) is 2.65. The van der Waals surface area contributed by atoms with Gasteiger partial charge in [-0.25, -0.2) is 14.4 Å². The molecule has 0 aliphatic carbocycles. The smallest absolute Gasteiger partial charge is 0.183 e. The van der Waals surface area contributed by atoms with Gasteiger partial charge in [0, 0.05) is 18.9 Å². The highest BCUT2D eigenvalue weighted by molar-refractivity contribution is 5.50. The molecule has 0 aromatic carbocycles. The molecule has 0 saturated carbocycles. The van der Waals surface area contributed by atoms with Crippen molar-refractivity contribution in [3.63, 3.8) is 0 Å². The second-order valence-corrected chi connectivity index (χ2v) is 3.17. The van der Waals surface area contributed by atoms with E-state index >= 15 is 0 Å². The number of rotatable bonds is 1. The summed E-state index contributed by atoms with van der Waals surface area (Å²) in [7, 11) is 0. The van der Waals surface area contributed by atoms with Gasteiger partial charge in [0.15, 0.2) is 11.5 Å². The molecule has 0 N–H and O–H groups in total. The lowest BCUT2D eigenvalue weighted by molar-refractivity contribution is 0.364. The summed E-state index contributed by atoms with van der Waals surface area (Å²) in [6, 6.07) is 1.95. The van der Waals surface area contributed by atoms with Gasteiger partial charge in [-0.3, -0.25) is 0 Å². The van der Waals surface area contributed by atoms with Crippen molar-refractivity contribution in [3.05, 3.63) is 18.1 Å². The number of nitrogens with zero attached hydrogens (tertiary/aromatic N) is 4. The van der Waals surface area contributed by atoms with E-state index in [1.54, 1.807) is 4.90 Å². The normalized spacial score (nSPS) is 20.9.